The van der Waals surface area contributed by atoms with Crippen LogP contribution in [0.15, 0.2) is 18.2 Å². The van der Waals surface area contributed by atoms with Gasteiger partial charge in [-0.3, -0.25) is 4.79 Å². The zero-order valence-corrected chi connectivity index (χ0v) is 12.5. The lowest BCUT2D eigenvalue weighted by Gasteiger charge is -2.22. The number of rotatable bonds is 4. The molecule has 0 spiro atoms. The molecule has 1 heterocycles. The molecule has 5 nitrogen and oxygen atoms in total. The van der Waals surface area contributed by atoms with Crippen LogP contribution in [-0.2, 0) is 16.2 Å². The Balaban J connectivity index is 2.27. The topological polar surface area (TPSA) is 66.5 Å². The number of nitrogens with zero attached hydrogens (tertiary/aromatic N) is 1. The number of alkyl halides is 3. The van der Waals surface area contributed by atoms with Gasteiger partial charge < -0.3 is 4.90 Å². The summed E-state index contributed by atoms with van der Waals surface area (Å²) >= 11 is 0. The van der Waals surface area contributed by atoms with Crippen molar-refractivity contribution in [2.45, 2.75) is 18.6 Å². The highest BCUT2D eigenvalue weighted by Gasteiger charge is 2.33. The molecule has 1 aromatic carbocycles. The molecule has 1 atom stereocenters. The number of nitrogens with one attached hydrogen (secondary N) is 1. The van der Waals surface area contributed by atoms with Crippen molar-refractivity contribution in [2.24, 2.45) is 0 Å². The summed E-state index contributed by atoms with van der Waals surface area (Å²) in [4.78, 5) is 12.6. The van der Waals surface area contributed by atoms with Crippen LogP contribution < -0.4 is 9.62 Å². The zero-order valence-electron chi connectivity index (χ0n) is 11.7. The molecule has 1 fully saturated rings. The Morgan fingerprint density at radius 2 is 2.05 bits per heavy atom. The minimum atomic E-state index is -4.50. The van der Waals surface area contributed by atoms with Gasteiger partial charge in [-0.2, -0.15) is 13.2 Å². The summed E-state index contributed by atoms with van der Waals surface area (Å²) in [5, 5.41) is 0. The van der Waals surface area contributed by atoms with Crippen LogP contribution >= 0.6 is 0 Å². The van der Waals surface area contributed by atoms with Crippen molar-refractivity contribution in [1.29, 1.82) is 0 Å². The van der Waals surface area contributed by atoms with Gasteiger partial charge in [0.25, 0.3) is 0 Å². The maximum atomic E-state index is 12.8. The van der Waals surface area contributed by atoms with Crippen LogP contribution in [0.1, 0.15) is 22.3 Å². The standard InChI is InChI=1S/C13H15F3N2O3S/c1-22(20,21)17-11-4-5-18(7-11)12-6-10(13(14,15)16)3-2-9(12)8-19/h2-3,6,8,11,17H,4-5,7H2,1H3/t11-/m1/s1. The van der Waals surface area contributed by atoms with Crippen molar-refractivity contribution in [2.75, 3.05) is 24.2 Å². The van der Waals surface area contributed by atoms with E-state index in [0.29, 0.717) is 19.3 Å². The van der Waals surface area contributed by atoms with Gasteiger partial charge in [-0.15, -0.1) is 0 Å². The van der Waals surface area contributed by atoms with Crippen LogP contribution in [0.5, 0.6) is 0 Å². The Hall–Kier alpha value is -1.61. The minimum Gasteiger partial charge on any atom is -0.369 e. The molecule has 0 amide bonds. The molecule has 0 bridgehead atoms. The SMILES string of the molecule is CS(=O)(=O)N[C@@H]1CCN(c2cc(C(F)(F)F)ccc2C=O)C1. The first-order chi connectivity index (χ1) is 10.1. The van der Waals surface area contributed by atoms with E-state index in [1.807, 2.05) is 0 Å². The van der Waals surface area contributed by atoms with Crippen molar-refractivity contribution in [3.63, 3.8) is 0 Å². The van der Waals surface area contributed by atoms with Gasteiger partial charge in [-0.25, -0.2) is 13.1 Å². The van der Waals surface area contributed by atoms with Gasteiger partial charge in [-0.1, -0.05) is 0 Å². The van der Waals surface area contributed by atoms with Crippen LogP contribution in [0.4, 0.5) is 18.9 Å². The molecule has 1 N–H and O–H groups in total. The lowest BCUT2D eigenvalue weighted by molar-refractivity contribution is -0.137. The maximum absolute atomic E-state index is 12.8. The number of hydrogen-bond donors (Lipinski definition) is 1. The third-order valence-corrected chi connectivity index (χ3v) is 4.16. The highest BCUT2D eigenvalue weighted by Crippen LogP contribution is 2.34. The largest absolute Gasteiger partial charge is 0.416 e. The van der Waals surface area contributed by atoms with Crippen LogP contribution in [-0.4, -0.2) is 40.1 Å². The molecule has 0 radical (unpaired) electrons. The molecule has 0 aliphatic carbocycles. The van der Waals surface area contributed by atoms with E-state index >= 15 is 0 Å². The quantitative estimate of drug-likeness (QED) is 0.849. The maximum Gasteiger partial charge on any atom is 0.416 e. The third kappa shape index (κ3) is 3.98. The van der Waals surface area contributed by atoms with Gasteiger partial charge in [0.2, 0.25) is 10.0 Å². The third-order valence-electron chi connectivity index (χ3n) is 3.39. The Bertz CT molecular complexity index is 674. The summed E-state index contributed by atoms with van der Waals surface area (Å²) in [7, 11) is -3.39. The molecule has 2 rings (SSSR count). The summed E-state index contributed by atoms with van der Waals surface area (Å²) in [6, 6.07) is 2.52. The van der Waals surface area contributed by atoms with Gasteiger partial charge >= 0.3 is 6.18 Å². The Morgan fingerprint density at radius 3 is 2.59 bits per heavy atom. The predicted octanol–water partition coefficient (Wildman–Crippen LogP) is 1.65. The number of aldehydes is 1. The molecular weight excluding hydrogens is 321 g/mol. The van der Waals surface area contributed by atoms with Crippen LogP contribution in [0.3, 0.4) is 0 Å². The second-order valence-corrected chi connectivity index (χ2v) is 6.99. The monoisotopic (exact) mass is 336 g/mol. The van der Waals surface area contributed by atoms with Gasteiger partial charge in [0, 0.05) is 30.4 Å². The fourth-order valence-electron chi connectivity index (χ4n) is 2.47. The number of carbonyl (C=O) groups is 1. The average Bonchev–Trinajstić information content (AvgIpc) is 2.83. The van der Waals surface area contributed by atoms with E-state index in [1.54, 1.807) is 4.90 Å². The van der Waals surface area contributed by atoms with Crippen LogP contribution in [0.2, 0.25) is 0 Å². The van der Waals surface area contributed by atoms with Crippen molar-refractivity contribution < 1.29 is 26.4 Å². The number of hydrogen-bond acceptors (Lipinski definition) is 4. The molecule has 122 valence electrons. The molecule has 1 aromatic rings. The summed E-state index contributed by atoms with van der Waals surface area (Å²) in [6.07, 6.45) is -2.52. The lowest BCUT2D eigenvalue weighted by atomic mass is 10.1. The Labute approximate surface area is 126 Å². The van der Waals surface area contributed by atoms with Gasteiger partial charge in [0.15, 0.2) is 6.29 Å². The van der Waals surface area contributed by atoms with E-state index in [1.165, 1.54) is 0 Å². The summed E-state index contributed by atoms with van der Waals surface area (Å²) in [6.45, 7) is 0.588. The molecule has 1 aliphatic rings. The molecule has 0 unspecified atom stereocenters. The molecule has 1 aliphatic heterocycles. The number of benzene rings is 1. The van der Waals surface area contributed by atoms with E-state index in [4.69, 9.17) is 0 Å². The Kier molecular flexibility index (Phi) is 4.48. The second-order valence-electron chi connectivity index (χ2n) is 5.21. The van der Waals surface area contributed by atoms with Crippen molar-refractivity contribution in [3.05, 3.63) is 29.3 Å². The van der Waals surface area contributed by atoms with E-state index in [2.05, 4.69) is 4.72 Å². The fourth-order valence-corrected chi connectivity index (χ4v) is 3.27. The number of halogens is 3. The van der Waals surface area contributed by atoms with E-state index in [-0.39, 0.29) is 23.8 Å². The second kappa shape index (κ2) is 5.88. The van der Waals surface area contributed by atoms with Gasteiger partial charge in [0.1, 0.15) is 0 Å². The van der Waals surface area contributed by atoms with Gasteiger partial charge in [0.05, 0.1) is 11.8 Å². The summed E-state index contributed by atoms with van der Waals surface area (Å²) < 4.78 is 63.2. The minimum absolute atomic E-state index is 0.146. The lowest BCUT2D eigenvalue weighted by Crippen LogP contribution is -2.36. The highest BCUT2D eigenvalue weighted by atomic mass is 32.2. The van der Waals surface area contributed by atoms with Crippen LogP contribution in [0, 0.1) is 0 Å². The van der Waals surface area contributed by atoms with Crippen molar-refractivity contribution >= 4 is 22.0 Å². The van der Waals surface area contributed by atoms with E-state index in [0.717, 1.165) is 24.5 Å². The zero-order chi connectivity index (χ0) is 16.5. The highest BCUT2D eigenvalue weighted by molar-refractivity contribution is 7.88. The molecule has 9 heteroatoms. The number of anilines is 1. The summed E-state index contributed by atoms with van der Waals surface area (Å²) in [5.41, 5.74) is -0.525. The van der Waals surface area contributed by atoms with E-state index in [9.17, 15) is 26.4 Å². The first kappa shape index (κ1) is 16.8. The molecular formula is C13H15F3N2O3S. The number of sulfonamides is 1. The normalized spacial score (nSPS) is 19.5. The van der Waals surface area contributed by atoms with E-state index < -0.39 is 21.8 Å². The molecule has 22 heavy (non-hydrogen) atoms. The van der Waals surface area contributed by atoms with Crippen molar-refractivity contribution in [1.82, 2.24) is 4.72 Å². The molecule has 0 aromatic heterocycles. The van der Waals surface area contributed by atoms with Crippen LogP contribution in [0.25, 0.3) is 0 Å². The first-order valence-electron chi connectivity index (χ1n) is 6.49. The molecule has 1 saturated heterocycles. The molecule has 0 saturated carbocycles. The number of carbonyl (C=O) groups excluding carboxylic acids is 1. The fraction of sp³-hybridized carbons (Fsp3) is 0.462. The van der Waals surface area contributed by atoms with Crippen molar-refractivity contribution in [3.8, 4) is 0 Å². The Morgan fingerprint density at radius 1 is 1.36 bits per heavy atom. The smallest absolute Gasteiger partial charge is 0.369 e. The summed E-state index contributed by atoms with van der Waals surface area (Å²) in [5.74, 6) is 0. The predicted molar refractivity (Wildman–Crippen MR) is 75.4 cm³/mol. The van der Waals surface area contributed by atoms with Gasteiger partial charge in [-0.05, 0) is 24.6 Å². The average molecular weight is 336 g/mol. The first-order valence-corrected chi connectivity index (χ1v) is 8.38.